The highest BCUT2D eigenvalue weighted by atomic mass is 35.5. The topological polar surface area (TPSA) is 33.0 Å². The molecule has 0 atom stereocenters. The summed E-state index contributed by atoms with van der Waals surface area (Å²) in [4.78, 5) is 0. The molecule has 0 aliphatic carbocycles. The summed E-state index contributed by atoms with van der Waals surface area (Å²) in [7, 11) is 1.60. The van der Waals surface area contributed by atoms with Crippen molar-refractivity contribution < 1.29 is 4.74 Å². The fraction of sp³-hybridized carbons (Fsp3) is 0.300. The maximum Gasteiger partial charge on any atom is 0.123 e. The predicted octanol–water partition coefficient (Wildman–Crippen LogP) is 2.80. The number of nitriles is 1. The Bertz CT molecular complexity index is 330. The molecule has 0 heterocycles. The summed E-state index contributed by atoms with van der Waals surface area (Å²) in [5, 5.41) is 9.11. The minimum atomic E-state index is 0.458. The Morgan fingerprint density at radius 2 is 2.31 bits per heavy atom. The van der Waals surface area contributed by atoms with Gasteiger partial charge in [-0.1, -0.05) is 17.7 Å². The van der Waals surface area contributed by atoms with E-state index in [0.717, 1.165) is 11.3 Å². The number of rotatable bonds is 3. The molecule has 0 saturated carbocycles. The number of methoxy groups -OCH3 is 1. The lowest BCUT2D eigenvalue weighted by atomic mass is 10.1. The summed E-state index contributed by atoms with van der Waals surface area (Å²) in [5.74, 6) is 0.753. The van der Waals surface area contributed by atoms with Crippen LogP contribution in [0, 0.1) is 11.3 Å². The third kappa shape index (κ3) is 2.37. The van der Waals surface area contributed by atoms with Gasteiger partial charge < -0.3 is 4.74 Å². The Hall–Kier alpha value is -1.20. The minimum Gasteiger partial charge on any atom is -0.496 e. The molecule has 1 aromatic rings. The summed E-state index contributed by atoms with van der Waals surface area (Å²) >= 11 is 5.95. The van der Waals surface area contributed by atoms with Gasteiger partial charge in [0.1, 0.15) is 5.75 Å². The molecular weight excluding hydrogens is 186 g/mol. The van der Waals surface area contributed by atoms with Crippen molar-refractivity contribution in [3.63, 3.8) is 0 Å². The Morgan fingerprint density at radius 3 is 2.92 bits per heavy atom. The molecule has 0 fully saturated rings. The van der Waals surface area contributed by atoms with Crippen molar-refractivity contribution >= 4 is 11.6 Å². The van der Waals surface area contributed by atoms with E-state index in [4.69, 9.17) is 21.6 Å². The van der Waals surface area contributed by atoms with Crippen LogP contribution in [0.25, 0.3) is 0 Å². The molecule has 0 unspecified atom stereocenters. The van der Waals surface area contributed by atoms with Gasteiger partial charge in [0, 0.05) is 17.0 Å². The normalized spacial score (nSPS) is 9.31. The highest BCUT2D eigenvalue weighted by Gasteiger charge is 2.06. The van der Waals surface area contributed by atoms with Gasteiger partial charge in [-0.3, -0.25) is 0 Å². The summed E-state index contributed by atoms with van der Waals surface area (Å²) in [5.41, 5.74) is 0.910. The summed E-state index contributed by atoms with van der Waals surface area (Å²) in [6.45, 7) is 0. The van der Waals surface area contributed by atoms with Crippen molar-refractivity contribution in [1.82, 2.24) is 0 Å². The van der Waals surface area contributed by atoms with Crippen LogP contribution >= 0.6 is 11.6 Å². The molecule has 0 aliphatic heterocycles. The molecule has 2 nitrogen and oxygen atoms in total. The maximum absolute atomic E-state index is 8.45. The first-order valence-electron chi connectivity index (χ1n) is 3.98. The molecule has 0 radical (unpaired) electrons. The standard InChI is InChI=1S/C10H10ClNO/c1-13-10-6-2-5-9(11)8(10)4-3-7-12/h2,5-6H,3-4H2,1H3. The number of hydrogen-bond acceptors (Lipinski definition) is 2. The van der Waals surface area contributed by atoms with Crippen molar-refractivity contribution in [2.24, 2.45) is 0 Å². The van der Waals surface area contributed by atoms with Gasteiger partial charge in [0.25, 0.3) is 0 Å². The van der Waals surface area contributed by atoms with Gasteiger partial charge in [-0.2, -0.15) is 5.26 Å². The highest BCUT2D eigenvalue weighted by molar-refractivity contribution is 6.31. The number of halogens is 1. The van der Waals surface area contributed by atoms with E-state index in [1.807, 2.05) is 12.1 Å². The van der Waals surface area contributed by atoms with Crippen molar-refractivity contribution in [2.75, 3.05) is 7.11 Å². The zero-order chi connectivity index (χ0) is 9.68. The molecule has 1 aromatic carbocycles. The summed E-state index contributed by atoms with van der Waals surface area (Å²) < 4.78 is 5.13. The first kappa shape index (κ1) is 9.88. The van der Waals surface area contributed by atoms with Crippen LogP contribution in [-0.2, 0) is 6.42 Å². The van der Waals surface area contributed by atoms with Crippen LogP contribution in [0.15, 0.2) is 18.2 Å². The van der Waals surface area contributed by atoms with Gasteiger partial charge in [-0.15, -0.1) is 0 Å². The lowest BCUT2D eigenvalue weighted by molar-refractivity contribution is 0.410. The van der Waals surface area contributed by atoms with E-state index in [9.17, 15) is 0 Å². The van der Waals surface area contributed by atoms with E-state index in [0.29, 0.717) is 17.9 Å². The number of benzene rings is 1. The molecule has 0 bridgehead atoms. The third-order valence-corrected chi connectivity index (χ3v) is 2.14. The fourth-order valence-electron chi connectivity index (χ4n) is 1.15. The fourth-order valence-corrected chi connectivity index (χ4v) is 1.41. The first-order valence-corrected chi connectivity index (χ1v) is 4.35. The van der Waals surface area contributed by atoms with Gasteiger partial charge in [-0.05, 0) is 18.6 Å². The molecule has 0 aliphatic rings. The second-order valence-corrected chi connectivity index (χ2v) is 2.99. The molecule has 0 spiro atoms. The van der Waals surface area contributed by atoms with E-state index in [1.54, 1.807) is 13.2 Å². The number of nitrogens with zero attached hydrogens (tertiary/aromatic N) is 1. The van der Waals surface area contributed by atoms with Gasteiger partial charge >= 0.3 is 0 Å². The van der Waals surface area contributed by atoms with E-state index in [2.05, 4.69) is 6.07 Å². The molecule has 0 saturated heterocycles. The molecule has 68 valence electrons. The Morgan fingerprint density at radius 1 is 1.54 bits per heavy atom. The molecule has 0 aromatic heterocycles. The van der Waals surface area contributed by atoms with Crippen molar-refractivity contribution in [3.05, 3.63) is 28.8 Å². The minimum absolute atomic E-state index is 0.458. The van der Waals surface area contributed by atoms with Gasteiger partial charge in [0.15, 0.2) is 0 Å². The van der Waals surface area contributed by atoms with Crippen LogP contribution in [0.4, 0.5) is 0 Å². The van der Waals surface area contributed by atoms with Gasteiger partial charge in [-0.25, -0.2) is 0 Å². The van der Waals surface area contributed by atoms with Crippen LogP contribution < -0.4 is 4.74 Å². The Kier molecular flexibility index (Phi) is 3.60. The second-order valence-electron chi connectivity index (χ2n) is 2.58. The smallest absolute Gasteiger partial charge is 0.123 e. The zero-order valence-electron chi connectivity index (χ0n) is 7.38. The second kappa shape index (κ2) is 4.74. The molecule has 13 heavy (non-hydrogen) atoms. The van der Waals surface area contributed by atoms with Crippen molar-refractivity contribution in [2.45, 2.75) is 12.8 Å². The monoisotopic (exact) mass is 195 g/mol. The lowest BCUT2D eigenvalue weighted by Crippen LogP contribution is -1.92. The van der Waals surface area contributed by atoms with Gasteiger partial charge in [0.2, 0.25) is 0 Å². The maximum atomic E-state index is 8.45. The average Bonchev–Trinajstić information content (AvgIpc) is 2.15. The quantitative estimate of drug-likeness (QED) is 0.743. The van der Waals surface area contributed by atoms with Crippen molar-refractivity contribution in [3.8, 4) is 11.8 Å². The van der Waals surface area contributed by atoms with Crippen molar-refractivity contribution in [1.29, 1.82) is 5.26 Å². The largest absolute Gasteiger partial charge is 0.496 e. The lowest BCUT2D eigenvalue weighted by Gasteiger charge is -2.07. The van der Waals surface area contributed by atoms with Crippen LogP contribution in [0.5, 0.6) is 5.75 Å². The molecule has 0 amide bonds. The number of hydrogen-bond donors (Lipinski definition) is 0. The zero-order valence-corrected chi connectivity index (χ0v) is 8.14. The van der Waals surface area contributed by atoms with E-state index in [-0.39, 0.29) is 0 Å². The SMILES string of the molecule is COc1cccc(Cl)c1CCC#N. The number of ether oxygens (including phenoxy) is 1. The van der Waals surface area contributed by atoms with Crippen LogP contribution in [0.2, 0.25) is 5.02 Å². The van der Waals surface area contributed by atoms with Crippen LogP contribution in [0.1, 0.15) is 12.0 Å². The van der Waals surface area contributed by atoms with E-state index in [1.165, 1.54) is 0 Å². The molecular formula is C10H10ClNO. The summed E-state index contributed by atoms with van der Waals surface area (Å²) in [6.07, 6.45) is 1.10. The molecule has 0 N–H and O–H groups in total. The van der Waals surface area contributed by atoms with E-state index < -0.39 is 0 Å². The molecule has 1 rings (SSSR count). The van der Waals surface area contributed by atoms with Crippen LogP contribution in [-0.4, -0.2) is 7.11 Å². The van der Waals surface area contributed by atoms with E-state index >= 15 is 0 Å². The van der Waals surface area contributed by atoms with Crippen LogP contribution in [0.3, 0.4) is 0 Å². The average molecular weight is 196 g/mol. The Balaban J connectivity index is 2.95. The predicted molar refractivity (Wildman–Crippen MR) is 51.9 cm³/mol. The third-order valence-electron chi connectivity index (χ3n) is 1.78. The molecule has 3 heteroatoms. The van der Waals surface area contributed by atoms with Gasteiger partial charge in [0.05, 0.1) is 13.2 Å². The highest BCUT2D eigenvalue weighted by Crippen LogP contribution is 2.27. The Labute approximate surface area is 82.7 Å². The summed E-state index contributed by atoms with van der Waals surface area (Å²) in [6, 6.07) is 7.56. The first-order chi connectivity index (χ1) is 6.29.